The first-order valence-corrected chi connectivity index (χ1v) is 10.3. The minimum absolute atomic E-state index is 0.0352. The molecule has 1 aromatic heterocycles. The number of hydrogen-bond acceptors (Lipinski definition) is 5. The summed E-state index contributed by atoms with van der Waals surface area (Å²) in [7, 11) is 0. The highest BCUT2D eigenvalue weighted by Gasteiger charge is 2.35. The highest BCUT2D eigenvalue weighted by molar-refractivity contribution is 6.34. The van der Waals surface area contributed by atoms with E-state index in [9.17, 15) is 9.59 Å². The average molecular weight is 435 g/mol. The molecule has 0 spiro atoms. The van der Waals surface area contributed by atoms with Crippen molar-refractivity contribution in [3.05, 3.63) is 59.3 Å². The molecule has 3 heterocycles. The van der Waals surface area contributed by atoms with Crippen LogP contribution in [0.25, 0.3) is 11.1 Å². The number of aliphatic imine (C=N–C) groups is 2. The van der Waals surface area contributed by atoms with Gasteiger partial charge in [-0.05, 0) is 38.0 Å². The van der Waals surface area contributed by atoms with E-state index in [1.54, 1.807) is 36.7 Å². The summed E-state index contributed by atoms with van der Waals surface area (Å²) in [4.78, 5) is 34.2. The number of H-pyrrole nitrogens is 1. The van der Waals surface area contributed by atoms with E-state index in [-0.39, 0.29) is 17.7 Å². The molecule has 1 atom stereocenters. The molecule has 5 rings (SSSR count). The Morgan fingerprint density at radius 1 is 1.32 bits per heavy atom. The molecule has 3 aliphatic rings. The maximum Gasteiger partial charge on any atom is 0.239 e. The van der Waals surface area contributed by atoms with E-state index in [2.05, 4.69) is 25.8 Å². The fraction of sp³-hybridized carbons (Fsp3) is 0.227. The van der Waals surface area contributed by atoms with Gasteiger partial charge in [-0.25, -0.2) is 4.99 Å². The minimum atomic E-state index is -0.677. The third-order valence-electron chi connectivity index (χ3n) is 5.41. The summed E-state index contributed by atoms with van der Waals surface area (Å²) in [6.07, 6.45) is 8.38. The van der Waals surface area contributed by atoms with Crippen LogP contribution >= 0.6 is 11.6 Å². The second kappa shape index (κ2) is 7.63. The summed E-state index contributed by atoms with van der Waals surface area (Å²) in [5.41, 5.74) is 4.00. The van der Waals surface area contributed by atoms with Crippen molar-refractivity contribution in [3.8, 4) is 11.1 Å². The van der Waals surface area contributed by atoms with Crippen molar-refractivity contribution in [1.29, 1.82) is 0 Å². The van der Waals surface area contributed by atoms with Crippen molar-refractivity contribution < 1.29 is 9.59 Å². The minimum Gasteiger partial charge on any atom is -0.332 e. The van der Waals surface area contributed by atoms with Gasteiger partial charge in [0.25, 0.3) is 0 Å². The van der Waals surface area contributed by atoms with Gasteiger partial charge in [-0.1, -0.05) is 17.7 Å². The van der Waals surface area contributed by atoms with Gasteiger partial charge in [-0.15, -0.1) is 0 Å². The Kier molecular flexibility index (Phi) is 4.78. The summed E-state index contributed by atoms with van der Waals surface area (Å²) >= 11 is 6.52. The third kappa shape index (κ3) is 3.70. The molecule has 2 amide bonds. The lowest BCUT2D eigenvalue weighted by Gasteiger charge is -2.24. The highest BCUT2D eigenvalue weighted by Crippen LogP contribution is 2.38. The normalized spacial score (nSPS) is 21.3. The van der Waals surface area contributed by atoms with Crippen molar-refractivity contribution >= 4 is 40.5 Å². The fourth-order valence-electron chi connectivity index (χ4n) is 3.65. The number of hydrogen-bond donors (Lipinski definition) is 3. The maximum atomic E-state index is 12.6. The van der Waals surface area contributed by atoms with E-state index in [4.69, 9.17) is 16.6 Å². The predicted octanol–water partition coefficient (Wildman–Crippen LogP) is 3.19. The third-order valence-corrected chi connectivity index (χ3v) is 5.72. The van der Waals surface area contributed by atoms with Crippen molar-refractivity contribution in [2.75, 3.05) is 0 Å². The number of allylic oxidation sites excluding steroid dienone is 2. The number of aryl methyl sites for hydroxylation is 1. The molecule has 1 saturated carbocycles. The van der Waals surface area contributed by atoms with Crippen LogP contribution in [0.15, 0.2) is 58.6 Å². The number of amides is 2. The zero-order chi connectivity index (χ0) is 21.5. The van der Waals surface area contributed by atoms with Gasteiger partial charge < -0.3 is 10.6 Å². The number of carbonyl (C=O) groups excluding carboxylic acids is 2. The van der Waals surface area contributed by atoms with Crippen LogP contribution in [0.2, 0.25) is 5.02 Å². The molecule has 9 heteroatoms. The Balaban J connectivity index is 1.61. The van der Waals surface area contributed by atoms with E-state index in [0.717, 1.165) is 29.7 Å². The van der Waals surface area contributed by atoms with Crippen LogP contribution in [0.3, 0.4) is 0 Å². The Morgan fingerprint density at radius 2 is 2.16 bits per heavy atom. The molecular formula is C22H19ClN6O2. The van der Waals surface area contributed by atoms with E-state index >= 15 is 0 Å². The molecule has 1 unspecified atom stereocenters. The number of benzene rings is 1. The van der Waals surface area contributed by atoms with E-state index in [1.807, 2.05) is 13.0 Å². The van der Waals surface area contributed by atoms with Crippen LogP contribution < -0.4 is 10.6 Å². The summed E-state index contributed by atoms with van der Waals surface area (Å²) in [5, 5.41) is 13.1. The van der Waals surface area contributed by atoms with Crippen LogP contribution in [0.1, 0.15) is 18.5 Å². The monoisotopic (exact) mass is 434 g/mol. The summed E-state index contributed by atoms with van der Waals surface area (Å²) < 4.78 is 0. The van der Waals surface area contributed by atoms with Crippen LogP contribution in [-0.4, -0.2) is 33.4 Å². The first-order valence-electron chi connectivity index (χ1n) is 9.97. The second-order valence-corrected chi connectivity index (χ2v) is 8.09. The van der Waals surface area contributed by atoms with Crippen molar-refractivity contribution in [3.63, 3.8) is 0 Å². The molecule has 3 N–H and O–H groups in total. The van der Waals surface area contributed by atoms with Gasteiger partial charge in [0.2, 0.25) is 11.8 Å². The highest BCUT2D eigenvalue weighted by atomic mass is 35.5. The molecule has 1 aromatic carbocycles. The molecular weight excluding hydrogens is 416 g/mol. The van der Waals surface area contributed by atoms with Gasteiger partial charge in [0.05, 0.1) is 28.3 Å². The number of aromatic nitrogens is 2. The lowest BCUT2D eigenvalue weighted by Crippen LogP contribution is -2.43. The quantitative estimate of drug-likeness (QED) is 0.686. The number of aromatic amines is 1. The first kappa shape index (κ1) is 19.4. The topological polar surface area (TPSA) is 112 Å². The average Bonchev–Trinajstić information content (AvgIpc) is 3.50. The molecule has 1 fully saturated rings. The molecule has 1 aliphatic carbocycles. The first-order chi connectivity index (χ1) is 15.0. The lowest BCUT2D eigenvalue weighted by molar-refractivity contribution is -0.121. The van der Waals surface area contributed by atoms with Gasteiger partial charge in [-0.2, -0.15) is 5.10 Å². The van der Waals surface area contributed by atoms with E-state index < -0.39 is 5.92 Å². The Morgan fingerprint density at radius 3 is 2.90 bits per heavy atom. The standard InChI is InChI=1S/C22H19ClN6O2/c1-11-13(10-25-29-11)19-14(23)3-2-4-15(19)26-17-9-18(28-21(30)12-5-6-12)27-16-7-8-24-22(31)20(16)17/h2-4,7-10,12,20H,5-6H2,1H3,(H,24,31)(H,25,29)(H,28,30). The smallest absolute Gasteiger partial charge is 0.239 e. The van der Waals surface area contributed by atoms with Crippen LogP contribution in [0, 0.1) is 18.8 Å². The zero-order valence-corrected chi connectivity index (χ0v) is 17.4. The Bertz CT molecular complexity index is 1220. The molecule has 31 heavy (non-hydrogen) atoms. The number of halogens is 1. The van der Waals surface area contributed by atoms with E-state index in [1.165, 1.54) is 0 Å². The largest absolute Gasteiger partial charge is 0.332 e. The molecule has 0 radical (unpaired) electrons. The fourth-order valence-corrected chi connectivity index (χ4v) is 3.93. The van der Waals surface area contributed by atoms with Gasteiger partial charge in [0.1, 0.15) is 11.7 Å². The van der Waals surface area contributed by atoms with Gasteiger partial charge in [0, 0.05) is 35.0 Å². The molecule has 2 aliphatic heterocycles. The SMILES string of the molecule is Cc1[nH]ncc1-c1c(Cl)cccc1N=C1C=C(NC(=O)C2CC2)N=C2C=CNC(=O)C21. The number of carbonyl (C=O) groups is 2. The van der Waals surface area contributed by atoms with Gasteiger partial charge >= 0.3 is 0 Å². The molecule has 8 nitrogen and oxygen atoms in total. The van der Waals surface area contributed by atoms with Gasteiger partial charge in [-0.3, -0.25) is 19.7 Å². The maximum absolute atomic E-state index is 12.6. The molecule has 156 valence electrons. The lowest BCUT2D eigenvalue weighted by atomic mass is 9.91. The molecule has 2 aromatic rings. The van der Waals surface area contributed by atoms with Crippen LogP contribution in [0.5, 0.6) is 0 Å². The predicted molar refractivity (Wildman–Crippen MR) is 118 cm³/mol. The van der Waals surface area contributed by atoms with Crippen molar-refractivity contribution in [2.24, 2.45) is 21.8 Å². The van der Waals surface area contributed by atoms with Crippen molar-refractivity contribution in [2.45, 2.75) is 19.8 Å². The molecule has 0 bridgehead atoms. The Labute approximate surface area is 183 Å². The number of rotatable bonds is 4. The summed E-state index contributed by atoms with van der Waals surface area (Å²) in [6, 6.07) is 5.42. The van der Waals surface area contributed by atoms with Gasteiger partial charge in [0.15, 0.2) is 0 Å². The van der Waals surface area contributed by atoms with Crippen molar-refractivity contribution in [1.82, 2.24) is 20.8 Å². The number of fused-ring (bicyclic) bond motifs is 1. The van der Waals surface area contributed by atoms with E-state index in [0.29, 0.717) is 28.0 Å². The summed E-state index contributed by atoms with van der Waals surface area (Å²) in [6.45, 7) is 1.90. The number of nitrogens with one attached hydrogen (secondary N) is 3. The Hall–Kier alpha value is -3.52. The van der Waals surface area contributed by atoms with Crippen LogP contribution in [-0.2, 0) is 9.59 Å². The zero-order valence-electron chi connectivity index (χ0n) is 16.6. The van der Waals surface area contributed by atoms with Crippen LogP contribution in [0.4, 0.5) is 5.69 Å². The second-order valence-electron chi connectivity index (χ2n) is 7.68. The summed E-state index contributed by atoms with van der Waals surface area (Å²) in [5.74, 6) is -0.553. The molecule has 0 saturated heterocycles. The number of nitrogens with zero attached hydrogens (tertiary/aromatic N) is 3.